The Morgan fingerprint density at radius 1 is 1.26 bits per heavy atom. The molecule has 0 heterocycles. The lowest BCUT2D eigenvalue weighted by molar-refractivity contribution is -0.384. The number of rotatable bonds is 7. The maximum absolute atomic E-state index is 10.8. The van der Waals surface area contributed by atoms with Crippen molar-refractivity contribution in [1.82, 2.24) is 4.90 Å². The summed E-state index contributed by atoms with van der Waals surface area (Å²) in [5, 5.41) is 19.5. The van der Waals surface area contributed by atoms with Gasteiger partial charge in [0.15, 0.2) is 0 Å². The van der Waals surface area contributed by atoms with E-state index in [0.29, 0.717) is 18.8 Å². The van der Waals surface area contributed by atoms with Gasteiger partial charge in [0.1, 0.15) is 6.54 Å². The first-order chi connectivity index (χ1) is 8.90. The molecule has 0 aromatic heterocycles. The van der Waals surface area contributed by atoms with Gasteiger partial charge in [-0.3, -0.25) is 14.9 Å². The van der Waals surface area contributed by atoms with Gasteiger partial charge >= 0.3 is 5.97 Å². The molecule has 1 aromatic rings. The first-order valence-electron chi connectivity index (χ1n) is 5.76. The van der Waals surface area contributed by atoms with E-state index in [9.17, 15) is 14.9 Å². The van der Waals surface area contributed by atoms with Gasteiger partial charge < -0.3 is 14.9 Å². The van der Waals surface area contributed by atoms with Crippen LogP contribution in [0.4, 0.5) is 11.4 Å². The lowest BCUT2D eigenvalue weighted by Gasteiger charge is -2.24. The summed E-state index contributed by atoms with van der Waals surface area (Å²) in [7, 11) is 3.80. The fourth-order valence-corrected chi connectivity index (χ4v) is 1.57. The largest absolute Gasteiger partial charge is 0.480 e. The van der Waals surface area contributed by atoms with Crippen molar-refractivity contribution >= 4 is 17.3 Å². The molecule has 0 saturated carbocycles. The smallest absolute Gasteiger partial charge is 0.323 e. The van der Waals surface area contributed by atoms with E-state index in [1.54, 1.807) is 17.0 Å². The van der Waals surface area contributed by atoms with E-state index in [1.807, 2.05) is 19.0 Å². The Bertz CT molecular complexity index is 445. The predicted molar refractivity (Wildman–Crippen MR) is 71.5 cm³/mol. The normalized spacial score (nSPS) is 10.5. The molecule has 0 radical (unpaired) electrons. The average molecular weight is 267 g/mol. The van der Waals surface area contributed by atoms with E-state index in [4.69, 9.17) is 5.11 Å². The van der Waals surface area contributed by atoms with Crippen molar-refractivity contribution in [2.24, 2.45) is 0 Å². The number of nitrogens with zero attached hydrogens (tertiary/aromatic N) is 3. The summed E-state index contributed by atoms with van der Waals surface area (Å²) in [4.78, 5) is 24.5. The van der Waals surface area contributed by atoms with Crippen LogP contribution in [0.15, 0.2) is 24.3 Å². The molecule has 7 heteroatoms. The molecule has 7 nitrogen and oxygen atoms in total. The van der Waals surface area contributed by atoms with Crippen molar-refractivity contribution < 1.29 is 14.8 Å². The number of carboxylic acids is 1. The molecule has 0 saturated heterocycles. The van der Waals surface area contributed by atoms with Crippen molar-refractivity contribution in [3.05, 3.63) is 34.4 Å². The summed E-state index contributed by atoms with van der Waals surface area (Å²) in [5.74, 6) is -0.933. The second kappa shape index (κ2) is 6.69. The number of non-ortho nitro benzene ring substituents is 1. The van der Waals surface area contributed by atoms with Gasteiger partial charge in [0.05, 0.1) is 4.92 Å². The molecule has 0 unspecified atom stereocenters. The molecule has 0 atom stereocenters. The number of hydrogen-bond acceptors (Lipinski definition) is 5. The van der Waals surface area contributed by atoms with Gasteiger partial charge in [0, 0.05) is 30.9 Å². The molecule has 1 rings (SSSR count). The number of carbonyl (C=O) groups is 1. The van der Waals surface area contributed by atoms with E-state index in [2.05, 4.69) is 0 Å². The first-order valence-corrected chi connectivity index (χ1v) is 5.76. The fraction of sp³-hybridized carbons (Fsp3) is 0.417. The van der Waals surface area contributed by atoms with Gasteiger partial charge in [0.2, 0.25) is 0 Å². The first kappa shape index (κ1) is 14.9. The van der Waals surface area contributed by atoms with Crippen LogP contribution in [0.1, 0.15) is 0 Å². The monoisotopic (exact) mass is 267 g/mol. The number of carboxylic acid groups (broad SMARTS) is 1. The van der Waals surface area contributed by atoms with Crippen molar-refractivity contribution in [2.45, 2.75) is 0 Å². The highest BCUT2D eigenvalue weighted by molar-refractivity contribution is 5.73. The Morgan fingerprint density at radius 2 is 1.84 bits per heavy atom. The average Bonchev–Trinajstić information content (AvgIpc) is 2.34. The molecule has 19 heavy (non-hydrogen) atoms. The Balaban J connectivity index is 2.83. The lowest BCUT2D eigenvalue weighted by atomic mass is 10.2. The zero-order chi connectivity index (χ0) is 14.4. The third kappa shape index (κ3) is 4.92. The maximum atomic E-state index is 10.8. The molecular weight excluding hydrogens is 250 g/mol. The van der Waals surface area contributed by atoms with Crippen molar-refractivity contribution in [3.63, 3.8) is 0 Å². The topological polar surface area (TPSA) is 86.9 Å². The molecule has 0 bridgehead atoms. The van der Waals surface area contributed by atoms with Crippen LogP contribution in [-0.4, -0.2) is 54.6 Å². The van der Waals surface area contributed by atoms with Crippen LogP contribution in [0.5, 0.6) is 0 Å². The third-order valence-corrected chi connectivity index (χ3v) is 2.57. The highest BCUT2D eigenvalue weighted by atomic mass is 16.6. The number of anilines is 1. The van der Waals surface area contributed by atoms with Crippen molar-refractivity contribution in [3.8, 4) is 0 Å². The number of benzene rings is 1. The Hall–Kier alpha value is -2.15. The highest BCUT2D eigenvalue weighted by Crippen LogP contribution is 2.19. The van der Waals surface area contributed by atoms with E-state index < -0.39 is 10.9 Å². The van der Waals surface area contributed by atoms with Gasteiger partial charge in [-0.05, 0) is 26.2 Å². The maximum Gasteiger partial charge on any atom is 0.323 e. The van der Waals surface area contributed by atoms with Crippen LogP contribution in [0.3, 0.4) is 0 Å². The van der Waals surface area contributed by atoms with Crippen molar-refractivity contribution in [2.75, 3.05) is 38.6 Å². The van der Waals surface area contributed by atoms with E-state index in [1.165, 1.54) is 12.1 Å². The molecular formula is C12H17N3O4. The third-order valence-electron chi connectivity index (χ3n) is 2.57. The molecule has 0 spiro atoms. The van der Waals surface area contributed by atoms with E-state index >= 15 is 0 Å². The van der Waals surface area contributed by atoms with Gasteiger partial charge in [-0.2, -0.15) is 0 Å². The van der Waals surface area contributed by atoms with Crippen LogP contribution in [0.2, 0.25) is 0 Å². The molecule has 1 N–H and O–H groups in total. The molecule has 1 aromatic carbocycles. The van der Waals surface area contributed by atoms with Gasteiger partial charge in [-0.15, -0.1) is 0 Å². The summed E-state index contributed by atoms with van der Waals surface area (Å²) in [5.41, 5.74) is 0.654. The summed E-state index contributed by atoms with van der Waals surface area (Å²) in [6.45, 7) is 1.10. The van der Waals surface area contributed by atoms with Crippen LogP contribution in [0, 0.1) is 10.1 Å². The van der Waals surface area contributed by atoms with Crippen molar-refractivity contribution in [1.29, 1.82) is 0 Å². The second-order valence-electron chi connectivity index (χ2n) is 4.39. The number of aliphatic carboxylic acids is 1. The van der Waals surface area contributed by atoms with E-state index in [-0.39, 0.29) is 12.2 Å². The minimum Gasteiger partial charge on any atom is -0.480 e. The minimum atomic E-state index is -0.933. The SMILES string of the molecule is CN(C)CCN(CC(=O)O)c1ccc([N+](=O)[O-])cc1. The zero-order valence-electron chi connectivity index (χ0n) is 10.9. The minimum absolute atomic E-state index is 0.00775. The standard InChI is InChI=1S/C12H17N3O4/c1-13(2)7-8-14(9-12(16)17)10-3-5-11(6-4-10)15(18)19/h3-6H,7-9H2,1-2H3,(H,16,17). The molecule has 0 fully saturated rings. The molecule has 0 amide bonds. The quantitative estimate of drug-likeness (QED) is 0.587. The Morgan fingerprint density at radius 3 is 2.26 bits per heavy atom. The fourth-order valence-electron chi connectivity index (χ4n) is 1.57. The lowest BCUT2D eigenvalue weighted by Crippen LogP contribution is -2.35. The van der Waals surface area contributed by atoms with E-state index in [0.717, 1.165) is 0 Å². The number of nitro groups is 1. The molecule has 0 aliphatic heterocycles. The Kier molecular flexibility index (Phi) is 5.25. The van der Waals surface area contributed by atoms with Crippen LogP contribution < -0.4 is 4.90 Å². The second-order valence-corrected chi connectivity index (χ2v) is 4.39. The van der Waals surface area contributed by atoms with Crippen LogP contribution in [0.25, 0.3) is 0 Å². The molecule has 0 aliphatic rings. The summed E-state index contributed by atoms with van der Waals surface area (Å²) in [6, 6.07) is 5.88. The zero-order valence-corrected chi connectivity index (χ0v) is 10.9. The van der Waals surface area contributed by atoms with Crippen LogP contribution >= 0.6 is 0 Å². The van der Waals surface area contributed by atoms with Gasteiger partial charge in [0.25, 0.3) is 5.69 Å². The molecule has 104 valence electrons. The highest BCUT2D eigenvalue weighted by Gasteiger charge is 2.12. The predicted octanol–water partition coefficient (Wildman–Crippen LogP) is 1.05. The van der Waals surface area contributed by atoms with Crippen LogP contribution in [-0.2, 0) is 4.79 Å². The Labute approximate surface area is 111 Å². The summed E-state index contributed by atoms with van der Waals surface area (Å²) in [6.07, 6.45) is 0. The number of likely N-dealkylation sites (N-methyl/N-ethyl adjacent to an activating group) is 1. The van der Waals surface area contributed by atoms with Gasteiger partial charge in [-0.25, -0.2) is 0 Å². The number of hydrogen-bond donors (Lipinski definition) is 1. The number of nitro benzene ring substituents is 1. The summed E-state index contributed by atoms with van der Waals surface area (Å²) < 4.78 is 0. The molecule has 0 aliphatic carbocycles. The summed E-state index contributed by atoms with van der Waals surface area (Å²) >= 11 is 0. The van der Waals surface area contributed by atoms with Gasteiger partial charge in [-0.1, -0.05) is 0 Å².